The van der Waals surface area contributed by atoms with Gasteiger partial charge in [0.2, 0.25) is 0 Å². The van der Waals surface area contributed by atoms with Crippen LogP contribution < -0.4 is 9.47 Å². The predicted molar refractivity (Wildman–Crippen MR) is 74.2 cm³/mol. The van der Waals surface area contributed by atoms with E-state index in [0.29, 0.717) is 5.56 Å². The van der Waals surface area contributed by atoms with Gasteiger partial charge in [-0.1, -0.05) is 6.07 Å². The Morgan fingerprint density at radius 2 is 1.45 bits per heavy atom. The Morgan fingerprint density at radius 3 is 2.00 bits per heavy atom. The molecule has 7 nitrogen and oxygen atoms in total. The summed E-state index contributed by atoms with van der Waals surface area (Å²) in [6.07, 6.45) is 0.271. The highest BCUT2D eigenvalue weighted by Gasteiger charge is 2.13. The molecule has 0 N–H and O–H groups in total. The highest BCUT2D eigenvalue weighted by molar-refractivity contribution is 5.84. The van der Waals surface area contributed by atoms with Gasteiger partial charge in [0.15, 0.2) is 11.5 Å². The fourth-order valence-corrected chi connectivity index (χ4v) is 1.64. The second kappa shape index (κ2) is 7.92. The lowest BCUT2D eigenvalue weighted by Gasteiger charge is -2.10. The molecule has 0 amide bonds. The quantitative estimate of drug-likeness (QED) is 0.462. The molecule has 0 aliphatic carbocycles. The minimum atomic E-state index is -0.671. The maximum atomic E-state index is 11.3. The third-order valence-corrected chi connectivity index (χ3v) is 2.39. The SMILES string of the molecule is CC(=O)OC(=O)CCc1ccc(OC(C)=O)c(OC(C)=O)c1. The van der Waals surface area contributed by atoms with E-state index in [-0.39, 0.29) is 24.3 Å². The van der Waals surface area contributed by atoms with Gasteiger partial charge in [-0.25, -0.2) is 0 Å². The third kappa shape index (κ3) is 6.17. The summed E-state index contributed by atoms with van der Waals surface area (Å²) >= 11 is 0. The molecular weight excluding hydrogens is 292 g/mol. The zero-order valence-electron chi connectivity index (χ0n) is 12.5. The monoisotopic (exact) mass is 308 g/mol. The van der Waals surface area contributed by atoms with Crippen molar-refractivity contribution in [2.24, 2.45) is 0 Å². The van der Waals surface area contributed by atoms with Crippen LogP contribution >= 0.6 is 0 Å². The van der Waals surface area contributed by atoms with Crippen LogP contribution in [-0.2, 0) is 30.3 Å². The van der Waals surface area contributed by atoms with Crippen molar-refractivity contribution in [1.29, 1.82) is 0 Å². The Morgan fingerprint density at radius 1 is 0.864 bits per heavy atom. The largest absolute Gasteiger partial charge is 0.423 e. The topological polar surface area (TPSA) is 96.0 Å². The van der Waals surface area contributed by atoms with E-state index in [1.807, 2.05) is 0 Å². The molecule has 0 aromatic heterocycles. The van der Waals surface area contributed by atoms with Crippen LogP contribution in [-0.4, -0.2) is 23.9 Å². The summed E-state index contributed by atoms with van der Waals surface area (Å²) in [6, 6.07) is 4.57. The zero-order valence-corrected chi connectivity index (χ0v) is 12.5. The highest BCUT2D eigenvalue weighted by atomic mass is 16.6. The van der Waals surface area contributed by atoms with E-state index in [0.717, 1.165) is 6.92 Å². The summed E-state index contributed by atoms with van der Waals surface area (Å²) in [7, 11) is 0. The maximum Gasteiger partial charge on any atom is 0.313 e. The molecule has 0 saturated heterocycles. The number of carbonyl (C=O) groups excluding carboxylic acids is 4. The van der Waals surface area contributed by atoms with Crippen molar-refractivity contribution in [3.8, 4) is 11.5 Å². The lowest BCUT2D eigenvalue weighted by molar-refractivity contribution is -0.158. The van der Waals surface area contributed by atoms with Crippen molar-refractivity contribution in [3.63, 3.8) is 0 Å². The van der Waals surface area contributed by atoms with Gasteiger partial charge in [0.25, 0.3) is 0 Å². The second-order valence-electron chi connectivity index (χ2n) is 4.43. The maximum absolute atomic E-state index is 11.3. The van der Waals surface area contributed by atoms with E-state index >= 15 is 0 Å². The van der Waals surface area contributed by atoms with Gasteiger partial charge in [-0.05, 0) is 24.1 Å². The van der Waals surface area contributed by atoms with E-state index in [4.69, 9.17) is 9.47 Å². The van der Waals surface area contributed by atoms with Crippen molar-refractivity contribution in [3.05, 3.63) is 23.8 Å². The zero-order chi connectivity index (χ0) is 16.7. The van der Waals surface area contributed by atoms with Crippen LogP contribution in [0.15, 0.2) is 18.2 Å². The van der Waals surface area contributed by atoms with E-state index < -0.39 is 23.9 Å². The molecule has 0 aliphatic heterocycles. The fraction of sp³-hybridized carbons (Fsp3) is 0.333. The summed E-state index contributed by atoms with van der Waals surface area (Å²) in [5, 5.41) is 0. The number of hydrogen-bond acceptors (Lipinski definition) is 7. The molecule has 118 valence electrons. The smallest absolute Gasteiger partial charge is 0.313 e. The molecule has 0 bridgehead atoms. The van der Waals surface area contributed by atoms with Gasteiger partial charge in [-0.15, -0.1) is 0 Å². The van der Waals surface area contributed by atoms with Crippen molar-refractivity contribution in [2.45, 2.75) is 33.6 Å². The molecule has 1 rings (SSSR count). The van der Waals surface area contributed by atoms with Gasteiger partial charge in [-0.2, -0.15) is 0 Å². The number of hydrogen-bond donors (Lipinski definition) is 0. The van der Waals surface area contributed by atoms with Crippen LogP contribution in [0, 0.1) is 0 Å². The molecule has 0 aliphatic rings. The summed E-state index contributed by atoms with van der Waals surface area (Å²) in [6.45, 7) is 3.59. The molecule has 1 aromatic rings. The first-order valence-electron chi connectivity index (χ1n) is 6.49. The molecule has 0 fully saturated rings. The summed E-state index contributed by atoms with van der Waals surface area (Å²) in [5.74, 6) is -2.24. The second-order valence-corrected chi connectivity index (χ2v) is 4.43. The Labute approximate surface area is 127 Å². The van der Waals surface area contributed by atoms with Crippen molar-refractivity contribution < 1.29 is 33.4 Å². The lowest BCUT2D eigenvalue weighted by Crippen LogP contribution is -2.10. The highest BCUT2D eigenvalue weighted by Crippen LogP contribution is 2.29. The van der Waals surface area contributed by atoms with E-state index in [1.54, 1.807) is 6.07 Å². The van der Waals surface area contributed by atoms with Crippen LogP contribution in [0.4, 0.5) is 0 Å². The van der Waals surface area contributed by atoms with E-state index in [2.05, 4.69) is 4.74 Å². The van der Waals surface area contributed by atoms with Crippen LogP contribution in [0.25, 0.3) is 0 Å². The minimum Gasteiger partial charge on any atom is -0.423 e. The van der Waals surface area contributed by atoms with Gasteiger partial charge < -0.3 is 14.2 Å². The summed E-state index contributed by atoms with van der Waals surface area (Å²) in [4.78, 5) is 44.0. The molecule has 0 radical (unpaired) electrons. The Hall–Kier alpha value is -2.70. The molecule has 1 aromatic carbocycles. The van der Waals surface area contributed by atoms with Crippen LogP contribution in [0.5, 0.6) is 11.5 Å². The average Bonchev–Trinajstić information content (AvgIpc) is 2.37. The van der Waals surface area contributed by atoms with Gasteiger partial charge in [-0.3, -0.25) is 19.2 Å². The average molecular weight is 308 g/mol. The number of esters is 4. The van der Waals surface area contributed by atoms with E-state index in [1.165, 1.54) is 26.0 Å². The number of carbonyl (C=O) groups is 4. The van der Waals surface area contributed by atoms with Crippen molar-refractivity contribution in [1.82, 2.24) is 0 Å². The van der Waals surface area contributed by atoms with Crippen molar-refractivity contribution in [2.75, 3.05) is 0 Å². The molecule has 0 heterocycles. The number of benzene rings is 1. The minimum absolute atomic E-state index is 0.00793. The first kappa shape index (κ1) is 17.4. The number of aryl methyl sites for hydroxylation is 1. The Balaban J connectivity index is 2.84. The fourth-order valence-electron chi connectivity index (χ4n) is 1.64. The molecule has 0 saturated carbocycles. The molecule has 0 spiro atoms. The molecule has 0 unspecified atom stereocenters. The summed E-state index contributed by atoms with van der Waals surface area (Å²) < 4.78 is 14.3. The summed E-state index contributed by atoms with van der Waals surface area (Å²) in [5.41, 5.74) is 0.660. The first-order chi connectivity index (χ1) is 10.3. The lowest BCUT2D eigenvalue weighted by atomic mass is 10.1. The van der Waals surface area contributed by atoms with Gasteiger partial charge in [0.1, 0.15) is 0 Å². The van der Waals surface area contributed by atoms with Crippen LogP contribution in [0.2, 0.25) is 0 Å². The third-order valence-electron chi connectivity index (χ3n) is 2.39. The van der Waals surface area contributed by atoms with Crippen molar-refractivity contribution >= 4 is 23.9 Å². The van der Waals surface area contributed by atoms with E-state index in [9.17, 15) is 19.2 Å². The van der Waals surface area contributed by atoms with Gasteiger partial charge in [0, 0.05) is 20.8 Å². The predicted octanol–water partition coefficient (Wildman–Crippen LogP) is 1.56. The molecule has 0 atom stereocenters. The Bertz CT molecular complexity index is 604. The van der Waals surface area contributed by atoms with Crippen LogP contribution in [0.1, 0.15) is 32.8 Å². The molecule has 7 heteroatoms. The van der Waals surface area contributed by atoms with Gasteiger partial charge in [0.05, 0.1) is 6.42 Å². The van der Waals surface area contributed by atoms with Crippen LogP contribution in [0.3, 0.4) is 0 Å². The normalized spacial score (nSPS) is 9.77. The Kier molecular flexibility index (Phi) is 6.25. The first-order valence-corrected chi connectivity index (χ1v) is 6.49. The number of rotatable bonds is 5. The van der Waals surface area contributed by atoms with Gasteiger partial charge >= 0.3 is 23.9 Å². The molecular formula is C15H16O7. The number of ether oxygens (including phenoxy) is 3. The standard InChI is InChI=1S/C15H16O7/c1-9(16)20-13-6-4-12(8-14(13)21-10(2)17)5-7-15(19)22-11(3)18/h4,6,8H,5,7H2,1-3H3. The molecule has 22 heavy (non-hydrogen) atoms.